The van der Waals surface area contributed by atoms with Crippen LogP contribution in [0.1, 0.15) is 61.2 Å². The van der Waals surface area contributed by atoms with E-state index in [0.717, 1.165) is 6.54 Å². The van der Waals surface area contributed by atoms with Crippen molar-refractivity contribution < 1.29 is 19.7 Å². The molecule has 4 atom stereocenters. The molecular weight excluding hydrogens is 544 g/mol. The number of aliphatic hydroxyl groups excluding tert-OH is 2. The smallest absolute Gasteiger partial charge is 0.167 e. The summed E-state index contributed by atoms with van der Waals surface area (Å²) in [6, 6.07) is 21.4. The molecule has 6 rings (SSSR count). The molecule has 10 nitrogen and oxygen atoms in total. The summed E-state index contributed by atoms with van der Waals surface area (Å²) in [5.41, 5.74) is 3.55. The summed E-state index contributed by atoms with van der Waals surface area (Å²) >= 11 is 0. The highest BCUT2D eigenvalue weighted by Crippen LogP contribution is 2.33. The fourth-order valence-electron chi connectivity index (χ4n) is 6.34. The molecule has 10 heteroatoms. The average molecular weight is 587 g/mol. The molecule has 1 saturated heterocycles. The molecule has 43 heavy (non-hydrogen) atoms. The minimum Gasteiger partial charge on any atom is -0.387 e. The van der Waals surface area contributed by atoms with Crippen LogP contribution in [0.25, 0.3) is 11.2 Å². The summed E-state index contributed by atoms with van der Waals surface area (Å²) in [7, 11) is 1.54. The predicted molar refractivity (Wildman–Crippen MR) is 165 cm³/mol. The Morgan fingerprint density at radius 3 is 2.33 bits per heavy atom. The van der Waals surface area contributed by atoms with Gasteiger partial charge in [-0.05, 0) is 24.0 Å². The summed E-state index contributed by atoms with van der Waals surface area (Å²) in [6.07, 6.45) is 4.80. The van der Waals surface area contributed by atoms with E-state index in [4.69, 9.17) is 19.4 Å². The number of nitrogens with zero attached hydrogens (tertiary/aromatic N) is 4. The molecule has 1 saturated carbocycles. The van der Waals surface area contributed by atoms with Crippen molar-refractivity contribution in [3.63, 3.8) is 0 Å². The molecule has 3 heterocycles. The Bertz CT molecular complexity index is 1410. The van der Waals surface area contributed by atoms with Crippen molar-refractivity contribution in [2.24, 2.45) is 0 Å². The standard InChI is InChI=1S/C33H42N6O4/c1-42-20-26-29(40)30(41)33(43-26)39-21-36-28-31(37-27(38-32(28)39)17-18-34-24-15-9-4-10-16-24)35-19-25(22-11-5-2-6-12-22)23-13-7-3-8-14-23/h2-3,5-8,11-14,21,24-26,29-30,33-34,40-41H,4,9-10,15-20H2,1H3,(H,35,37,38)/t26-,29-,30-,33-/m1/s1. The predicted octanol–water partition coefficient (Wildman–Crippen LogP) is 3.80. The van der Waals surface area contributed by atoms with Crippen molar-refractivity contribution in [3.05, 3.63) is 83.9 Å². The number of aliphatic hydroxyl groups is 2. The van der Waals surface area contributed by atoms with Crippen molar-refractivity contribution in [1.82, 2.24) is 24.8 Å². The van der Waals surface area contributed by atoms with E-state index in [2.05, 4.69) is 64.1 Å². The van der Waals surface area contributed by atoms with E-state index in [-0.39, 0.29) is 12.5 Å². The van der Waals surface area contributed by atoms with Crippen LogP contribution in [-0.4, -0.2) is 80.9 Å². The van der Waals surface area contributed by atoms with Crippen LogP contribution >= 0.6 is 0 Å². The van der Waals surface area contributed by atoms with Gasteiger partial charge in [0.15, 0.2) is 23.2 Å². The maximum atomic E-state index is 10.9. The van der Waals surface area contributed by atoms with Gasteiger partial charge in [0.25, 0.3) is 0 Å². The molecule has 2 aliphatic rings. The Kier molecular flexibility index (Phi) is 9.60. The van der Waals surface area contributed by atoms with Crippen LogP contribution in [-0.2, 0) is 15.9 Å². The zero-order valence-corrected chi connectivity index (χ0v) is 24.7. The fraction of sp³-hybridized carbons (Fsp3) is 0.485. The lowest BCUT2D eigenvalue weighted by Crippen LogP contribution is -2.33. The molecule has 0 unspecified atom stereocenters. The SMILES string of the molecule is COC[C@H]1O[C@@H](n2cnc3c(NCC(c4ccccc4)c4ccccc4)nc(CCNC4CCCCC4)nc32)[C@H](O)[C@@H]1O. The van der Waals surface area contributed by atoms with Crippen LogP contribution in [0.15, 0.2) is 67.0 Å². The topological polar surface area (TPSA) is 127 Å². The van der Waals surface area contributed by atoms with Gasteiger partial charge in [0.1, 0.15) is 24.1 Å². The maximum absolute atomic E-state index is 10.9. The summed E-state index contributed by atoms with van der Waals surface area (Å²) in [4.78, 5) is 14.5. The number of methoxy groups -OCH3 is 1. The quantitative estimate of drug-likeness (QED) is 0.196. The van der Waals surface area contributed by atoms with Gasteiger partial charge in [-0.1, -0.05) is 79.9 Å². The third-order valence-corrected chi connectivity index (χ3v) is 8.67. The van der Waals surface area contributed by atoms with Crippen molar-refractivity contribution in [1.29, 1.82) is 0 Å². The van der Waals surface area contributed by atoms with E-state index >= 15 is 0 Å². The number of imidazole rings is 1. The van der Waals surface area contributed by atoms with E-state index in [1.165, 1.54) is 43.2 Å². The van der Waals surface area contributed by atoms with E-state index < -0.39 is 24.5 Å². The number of hydrogen-bond donors (Lipinski definition) is 4. The van der Waals surface area contributed by atoms with Gasteiger partial charge < -0.3 is 30.3 Å². The van der Waals surface area contributed by atoms with Gasteiger partial charge in [-0.3, -0.25) is 4.57 Å². The lowest BCUT2D eigenvalue weighted by Gasteiger charge is -2.23. The van der Waals surface area contributed by atoms with Crippen molar-refractivity contribution >= 4 is 17.0 Å². The van der Waals surface area contributed by atoms with Gasteiger partial charge in [-0.2, -0.15) is 0 Å². The molecule has 1 aliphatic heterocycles. The van der Waals surface area contributed by atoms with Crippen LogP contribution < -0.4 is 10.6 Å². The number of ether oxygens (including phenoxy) is 2. The molecular formula is C33H42N6O4. The fourth-order valence-corrected chi connectivity index (χ4v) is 6.34. The van der Waals surface area contributed by atoms with Gasteiger partial charge in [0, 0.05) is 38.6 Å². The molecule has 2 fully saturated rings. The molecule has 4 aromatic rings. The van der Waals surface area contributed by atoms with Crippen LogP contribution in [0.4, 0.5) is 5.82 Å². The van der Waals surface area contributed by atoms with Gasteiger partial charge >= 0.3 is 0 Å². The molecule has 0 bridgehead atoms. The van der Waals surface area contributed by atoms with Gasteiger partial charge in [0.05, 0.1) is 12.9 Å². The number of fused-ring (bicyclic) bond motifs is 1. The number of aromatic nitrogens is 4. The molecule has 0 amide bonds. The Labute approximate surface area is 252 Å². The Morgan fingerprint density at radius 2 is 1.65 bits per heavy atom. The van der Waals surface area contributed by atoms with Gasteiger partial charge in [-0.25, -0.2) is 15.0 Å². The van der Waals surface area contributed by atoms with Gasteiger partial charge in [-0.15, -0.1) is 0 Å². The lowest BCUT2D eigenvalue weighted by atomic mass is 9.91. The molecule has 4 N–H and O–H groups in total. The second-order valence-corrected chi connectivity index (χ2v) is 11.6. The van der Waals surface area contributed by atoms with E-state index in [9.17, 15) is 10.2 Å². The van der Waals surface area contributed by atoms with E-state index in [0.29, 0.717) is 41.8 Å². The van der Waals surface area contributed by atoms with Gasteiger partial charge in [0.2, 0.25) is 0 Å². The third kappa shape index (κ3) is 6.73. The number of benzene rings is 2. The maximum Gasteiger partial charge on any atom is 0.167 e. The zero-order valence-electron chi connectivity index (χ0n) is 24.7. The number of anilines is 1. The molecule has 2 aromatic heterocycles. The second-order valence-electron chi connectivity index (χ2n) is 11.6. The molecule has 0 spiro atoms. The van der Waals surface area contributed by atoms with Crippen molar-refractivity contribution in [2.45, 2.75) is 75.0 Å². The van der Waals surface area contributed by atoms with E-state index in [1.807, 2.05) is 12.1 Å². The highest BCUT2D eigenvalue weighted by atomic mass is 16.6. The van der Waals surface area contributed by atoms with Crippen LogP contribution in [0.3, 0.4) is 0 Å². The van der Waals surface area contributed by atoms with Crippen LogP contribution in [0.2, 0.25) is 0 Å². The van der Waals surface area contributed by atoms with Crippen molar-refractivity contribution in [3.8, 4) is 0 Å². The molecule has 1 aliphatic carbocycles. The molecule has 2 aromatic carbocycles. The lowest BCUT2D eigenvalue weighted by molar-refractivity contribution is -0.0580. The minimum atomic E-state index is -1.15. The Morgan fingerprint density at radius 1 is 0.953 bits per heavy atom. The highest BCUT2D eigenvalue weighted by molar-refractivity contribution is 5.83. The second kappa shape index (κ2) is 13.9. The highest BCUT2D eigenvalue weighted by Gasteiger charge is 2.44. The Hall–Kier alpha value is -3.41. The normalized spacial score (nSPS) is 22.9. The monoisotopic (exact) mass is 586 g/mol. The van der Waals surface area contributed by atoms with E-state index in [1.54, 1.807) is 18.0 Å². The summed E-state index contributed by atoms with van der Waals surface area (Å²) in [5.74, 6) is 1.41. The number of hydrogen-bond acceptors (Lipinski definition) is 9. The number of nitrogens with one attached hydrogen (secondary N) is 2. The molecule has 0 radical (unpaired) electrons. The number of rotatable bonds is 12. The molecule has 228 valence electrons. The first-order chi connectivity index (χ1) is 21.1. The van der Waals surface area contributed by atoms with Crippen molar-refractivity contribution in [2.75, 3.05) is 32.1 Å². The third-order valence-electron chi connectivity index (χ3n) is 8.67. The first kappa shape index (κ1) is 29.7. The largest absolute Gasteiger partial charge is 0.387 e. The van der Waals surface area contributed by atoms with Crippen LogP contribution in [0.5, 0.6) is 0 Å². The zero-order chi connectivity index (χ0) is 29.6. The minimum absolute atomic E-state index is 0.0934. The first-order valence-corrected chi connectivity index (χ1v) is 15.4. The Balaban J connectivity index is 1.30. The average Bonchev–Trinajstić information content (AvgIpc) is 3.59. The van der Waals surface area contributed by atoms with Crippen LogP contribution in [0, 0.1) is 0 Å². The summed E-state index contributed by atoms with van der Waals surface area (Å²) in [5, 5.41) is 28.8. The summed E-state index contributed by atoms with van der Waals surface area (Å²) in [6.45, 7) is 1.54. The summed E-state index contributed by atoms with van der Waals surface area (Å²) < 4.78 is 12.9. The first-order valence-electron chi connectivity index (χ1n) is 15.4.